The third-order valence-corrected chi connectivity index (χ3v) is 3.25. The maximum atomic E-state index is 12.1. The molecule has 0 saturated carbocycles. The van der Waals surface area contributed by atoms with Crippen molar-refractivity contribution >= 4 is 5.91 Å². The smallest absolute Gasteiger partial charge is 0.252 e. The van der Waals surface area contributed by atoms with Crippen molar-refractivity contribution in [1.29, 1.82) is 0 Å². The van der Waals surface area contributed by atoms with Gasteiger partial charge in [0.05, 0.1) is 0 Å². The van der Waals surface area contributed by atoms with Crippen LogP contribution < -0.4 is 5.32 Å². The number of rotatable bonds is 3. The van der Waals surface area contributed by atoms with Crippen molar-refractivity contribution in [2.45, 2.75) is 45.4 Å². The van der Waals surface area contributed by atoms with Crippen molar-refractivity contribution in [2.75, 3.05) is 20.2 Å². The molecule has 1 fully saturated rings. The van der Waals surface area contributed by atoms with E-state index in [2.05, 4.69) is 19.2 Å². The Hall–Kier alpha value is -0.610. The topological polar surface area (TPSA) is 41.6 Å². The monoisotopic (exact) mass is 214 g/mol. The Bertz CT molecular complexity index is 217. The Morgan fingerprint density at radius 2 is 2.27 bits per heavy atom. The van der Waals surface area contributed by atoms with E-state index in [1.54, 1.807) is 7.11 Å². The van der Waals surface area contributed by atoms with Crippen LogP contribution in [-0.4, -0.2) is 49.2 Å². The molecule has 1 amide bonds. The zero-order valence-corrected chi connectivity index (χ0v) is 10.1. The molecular weight excluding hydrogens is 192 g/mol. The highest BCUT2D eigenvalue weighted by molar-refractivity contribution is 5.81. The first kappa shape index (κ1) is 12.5. The summed E-state index contributed by atoms with van der Waals surface area (Å²) in [6.45, 7) is 7.82. The lowest BCUT2D eigenvalue weighted by atomic mass is 10.1. The second-order valence-electron chi connectivity index (χ2n) is 4.15. The molecule has 0 aromatic heterocycles. The van der Waals surface area contributed by atoms with Gasteiger partial charge in [-0.15, -0.1) is 0 Å². The van der Waals surface area contributed by atoms with Crippen LogP contribution in [0.1, 0.15) is 27.2 Å². The zero-order chi connectivity index (χ0) is 11.4. The second kappa shape index (κ2) is 5.47. The third-order valence-electron chi connectivity index (χ3n) is 3.25. The molecule has 0 aromatic carbocycles. The number of hydrogen-bond acceptors (Lipinski definition) is 3. The molecule has 1 aliphatic rings. The van der Waals surface area contributed by atoms with Gasteiger partial charge >= 0.3 is 0 Å². The van der Waals surface area contributed by atoms with Crippen LogP contribution in [-0.2, 0) is 9.53 Å². The number of ether oxygens (including phenoxy) is 1. The highest BCUT2D eigenvalue weighted by Crippen LogP contribution is 2.12. The molecule has 1 saturated heterocycles. The van der Waals surface area contributed by atoms with Gasteiger partial charge in [-0.3, -0.25) is 4.79 Å². The summed E-state index contributed by atoms with van der Waals surface area (Å²) in [7, 11) is 1.60. The van der Waals surface area contributed by atoms with Crippen LogP contribution in [0.5, 0.6) is 0 Å². The summed E-state index contributed by atoms with van der Waals surface area (Å²) in [6, 6.07) is 0.604. The SMILES string of the molecule is CCC(OC)C(=O)N1CCNC(C)C1C. The largest absolute Gasteiger partial charge is 0.372 e. The van der Waals surface area contributed by atoms with E-state index in [1.165, 1.54) is 0 Å². The summed E-state index contributed by atoms with van der Waals surface area (Å²) in [5, 5.41) is 3.36. The van der Waals surface area contributed by atoms with Crippen molar-refractivity contribution in [2.24, 2.45) is 0 Å². The summed E-state index contributed by atoms with van der Waals surface area (Å²) < 4.78 is 5.19. The number of nitrogens with zero attached hydrogens (tertiary/aromatic N) is 1. The van der Waals surface area contributed by atoms with E-state index in [0.717, 1.165) is 19.5 Å². The van der Waals surface area contributed by atoms with Crippen LogP contribution in [0.3, 0.4) is 0 Å². The molecule has 0 aromatic rings. The maximum absolute atomic E-state index is 12.1. The van der Waals surface area contributed by atoms with Gasteiger partial charge in [-0.25, -0.2) is 0 Å². The van der Waals surface area contributed by atoms with E-state index < -0.39 is 0 Å². The Balaban J connectivity index is 2.65. The third kappa shape index (κ3) is 2.69. The Morgan fingerprint density at radius 1 is 1.60 bits per heavy atom. The van der Waals surface area contributed by atoms with Crippen LogP contribution in [0.4, 0.5) is 0 Å². The highest BCUT2D eigenvalue weighted by Gasteiger charge is 2.31. The number of amides is 1. The van der Waals surface area contributed by atoms with Gasteiger partial charge in [-0.05, 0) is 20.3 Å². The van der Waals surface area contributed by atoms with E-state index in [4.69, 9.17) is 4.74 Å². The normalized spacial score (nSPS) is 28.9. The van der Waals surface area contributed by atoms with Gasteiger partial charge in [0.2, 0.25) is 0 Å². The molecule has 0 spiro atoms. The molecule has 1 heterocycles. The molecule has 1 N–H and O–H groups in total. The number of methoxy groups -OCH3 is 1. The van der Waals surface area contributed by atoms with E-state index in [-0.39, 0.29) is 18.1 Å². The van der Waals surface area contributed by atoms with E-state index >= 15 is 0 Å². The summed E-state index contributed by atoms with van der Waals surface area (Å²) in [6.07, 6.45) is 0.457. The standard InChI is InChI=1S/C11H22N2O2/c1-5-10(15-4)11(14)13-7-6-12-8(2)9(13)3/h8-10,12H,5-7H2,1-4H3. The predicted molar refractivity (Wildman–Crippen MR) is 59.7 cm³/mol. The lowest BCUT2D eigenvalue weighted by molar-refractivity contribution is -0.145. The van der Waals surface area contributed by atoms with Crippen LogP contribution >= 0.6 is 0 Å². The lowest BCUT2D eigenvalue weighted by Gasteiger charge is -2.39. The molecule has 15 heavy (non-hydrogen) atoms. The minimum atomic E-state index is -0.280. The lowest BCUT2D eigenvalue weighted by Crippen LogP contribution is -2.59. The van der Waals surface area contributed by atoms with Gasteiger partial charge in [0.15, 0.2) is 0 Å². The summed E-state index contributed by atoms with van der Waals surface area (Å²) in [4.78, 5) is 14.0. The number of carbonyl (C=O) groups is 1. The first-order valence-electron chi connectivity index (χ1n) is 5.68. The van der Waals surface area contributed by atoms with Gasteiger partial charge in [0.25, 0.3) is 5.91 Å². The Morgan fingerprint density at radius 3 is 2.80 bits per heavy atom. The van der Waals surface area contributed by atoms with Gasteiger partial charge < -0.3 is 15.0 Å². The van der Waals surface area contributed by atoms with Gasteiger partial charge in [0.1, 0.15) is 6.10 Å². The molecule has 3 atom stereocenters. The highest BCUT2D eigenvalue weighted by atomic mass is 16.5. The van der Waals surface area contributed by atoms with E-state index in [9.17, 15) is 4.79 Å². The van der Waals surface area contributed by atoms with Crippen LogP contribution in [0.2, 0.25) is 0 Å². The average Bonchev–Trinajstić information content (AvgIpc) is 2.23. The minimum Gasteiger partial charge on any atom is -0.372 e. The minimum absolute atomic E-state index is 0.126. The quantitative estimate of drug-likeness (QED) is 0.749. The van der Waals surface area contributed by atoms with Gasteiger partial charge in [0, 0.05) is 32.3 Å². The molecule has 4 heteroatoms. The predicted octanol–water partition coefficient (Wildman–Crippen LogP) is 0.620. The molecule has 1 aliphatic heterocycles. The van der Waals surface area contributed by atoms with Crippen molar-refractivity contribution < 1.29 is 9.53 Å². The summed E-state index contributed by atoms with van der Waals surface area (Å²) in [5.41, 5.74) is 0. The van der Waals surface area contributed by atoms with Crippen molar-refractivity contribution in [3.05, 3.63) is 0 Å². The van der Waals surface area contributed by atoms with Crippen LogP contribution in [0, 0.1) is 0 Å². The Kier molecular flexibility index (Phi) is 4.54. The number of hydrogen-bond donors (Lipinski definition) is 1. The second-order valence-corrected chi connectivity index (χ2v) is 4.15. The average molecular weight is 214 g/mol. The molecule has 4 nitrogen and oxygen atoms in total. The van der Waals surface area contributed by atoms with E-state index in [1.807, 2.05) is 11.8 Å². The molecule has 0 bridgehead atoms. The van der Waals surface area contributed by atoms with Crippen LogP contribution in [0.15, 0.2) is 0 Å². The van der Waals surface area contributed by atoms with E-state index in [0.29, 0.717) is 6.04 Å². The fraction of sp³-hybridized carbons (Fsp3) is 0.909. The summed E-state index contributed by atoms with van der Waals surface area (Å²) >= 11 is 0. The summed E-state index contributed by atoms with van der Waals surface area (Å²) in [5.74, 6) is 0.126. The van der Waals surface area contributed by atoms with Crippen molar-refractivity contribution in [1.82, 2.24) is 10.2 Å². The van der Waals surface area contributed by atoms with Crippen molar-refractivity contribution in [3.63, 3.8) is 0 Å². The van der Waals surface area contributed by atoms with Gasteiger partial charge in [-0.1, -0.05) is 6.92 Å². The van der Waals surface area contributed by atoms with Gasteiger partial charge in [-0.2, -0.15) is 0 Å². The first-order chi connectivity index (χ1) is 7.11. The fourth-order valence-corrected chi connectivity index (χ4v) is 1.99. The molecule has 0 aliphatic carbocycles. The molecular formula is C11H22N2O2. The van der Waals surface area contributed by atoms with Crippen molar-refractivity contribution in [3.8, 4) is 0 Å². The number of carbonyl (C=O) groups excluding carboxylic acids is 1. The molecule has 1 rings (SSSR count). The fourth-order valence-electron chi connectivity index (χ4n) is 1.99. The van der Waals surface area contributed by atoms with Crippen LogP contribution in [0.25, 0.3) is 0 Å². The number of piperazine rings is 1. The molecule has 88 valence electrons. The zero-order valence-electron chi connectivity index (χ0n) is 10.1. The molecule has 3 unspecified atom stereocenters. The molecule has 0 radical (unpaired) electrons. The Labute approximate surface area is 92.0 Å². The maximum Gasteiger partial charge on any atom is 0.252 e. The number of nitrogens with one attached hydrogen (secondary N) is 1. The first-order valence-corrected chi connectivity index (χ1v) is 5.68.